The van der Waals surface area contributed by atoms with Gasteiger partial charge in [0.05, 0.1) is 10.6 Å². The quantitative estimate of drug-likeness (QED) is 0.919. The Morgan fingerprint density at radius 2 is 1.68 bits per heavy atom. The van der Waals surface area contributed by atoms with Crippen LogP contribution < -0.4 is 4.31 Å². The number of hydrogen-bond acceptors (Lipinski definition) is 3. The van der Waals surface area contributed by atoms with Crippen LogP contribution in [0.15, 0.2) is 53.4 Å². The number of carboxylic acids is 1. The molecule has 116 valence electrons. The van der Waals surface area contributed by atoms with E-state index in [-0.39, 0.29) is 4.90 Å². The first kappa shape index (κ1) is 16.0. The van der Waals surface area contributed by atoms with E-state index in [2.05, 4.69) is 0 Å². The monoisotopic (exact) mass is 319 g/mol. The van der Waals surface area contributed by atoms with Crippen LogP contribution in [0.4, 0.5) is 5.69 Å². The minimum Gasteiger partial charge on any atom is -0.480 e. The molecule has 2 aromatic carbocycles. The molecule has 2 aromatic rings. The molecule has 0 bridgehead atoms. The van der Waals surface area contributed by atoms with E-state index in [4.69, 9.17) is 5.11 Å². The average molecular weight is 319 g/mol. The van der Waals surface area contributed by atoms with Gasteiger partial charge < -0.3 is 5.11 Å². The predicted molar refractivity (Wildman–Crippen MR) is 84.5 cm³/mol. The maximum absolute atomic E-state index is 12.8. The summed E-state index contributed by atoms with van der Waals surface area (Å²) in [6.45, 7) is 3.05. The molecule has 2 rings (SSSR count). The fourth-order valence-electron chi connectivity index (χ4n) is 2.06. The van der Waals surface area contributed by atoms with E-state index in [0.29, 0.717) is 5.69 Å². The molecule has 1 N–H and O–H groups in total. The molecule has 0 saturated carbocycles. The van der Waals surface area contributed by atoms with Crippen LogP contribution in [0.5, 0.6) is 0 Å². The van der Waals surface area contributed by atoms with Crippen molar-refractivity contribution in [2.24, 2.45) is 0 Å². The topological polar surface area (TPSA) is 74.7 Å². The summed E-state index contributed by atoms with van der Waals surface area (Å²) in [5, 5.41) is 9.06. The summed E-state index contributed by atoms with van der Waals surface area (Å²) < 4.78 is 26.4. The first-order valence-electron chi connectivity index (χ1n) is 6.68. The van der Waals surface area contributed by atoms with Gasteiger partial charge in [-0.15, -0.1) is 0 Å². The number of hydrogen-bond donors (Lipinski definition) is 1. The van der Waals surface area contributed by atoms with E-state index in [1.165, 1.54) is 12.1 Å². The maximum atomic E-state index is 12.8. The molecule has 22 heavy (non-hydrogen) atoms. The molecule has 0 aliphatic heterocycles. The fraction of sp³-hybridized carbons (Fsp3) is 0.188. The van der Waals surface area contributed by atoms with Crippen molar-refractivity contribution in [1.29, 1.82) is 0 Å². The van der Waals surface area contributed by atoms with Crippen LogP contribution in [0.25, 0.3) is 0 Å². The van der Waals surface area contributed by atoms with Gasteiger partial charge in [0.15, 0.2) is 0 Å². The minimum atomic E-state index is -3.93. The first-order valence-corrected chi connectivity index (χ1v) is 8.12. The van der Waals surface area contributed by atoms with Crippen molar-refractivity contribution in [3.63, 3.8) is 0 Å². The molecule has 0 heterocycles. The number of carboxylic acid groups (broad SMARTS) is 1. The smallest absolute Gasteiger partial charge is 0.324 e. The summed E-state index contributed by atoms with van der Waals surface area (Å²) in [6.07, 6.45) is 0. The van der Waals surface area contributed by atoms with Crippen LogP contribution in [0.3, 0.4) is 0 Å². The van der Waals surface area contributed by atoms with Crippen molar-refractivity contribution < 1.29 is 18.3 Å². The summed E-state index contributed by atoms with van der Waals surface area (Å²) >= 11 is 0. The number of nitrogens with zero attached hydrogens (tertiary/aromatic N) is 1. The summed E-state index contributed by atoms with van der Waals surface area (Å²) in [5.74, 6) is -1.21. The number of rotatable bonds is 5. The van der Waals surface area contributed by atoms with Gasteiger partial charge in [-0.2, -0.15) is 0 Å². The van der Waals surface area contributed by atoms with Crippen LogP contribution >= 0.6 is 0 Å². The van der Waals surface area contributed by atoms with Gasteiger partial charge in [-0.05, 0) is 43.7 Å². The average Bonchev–Trinajstić information content (AvgIpc) is 2.45. The first-order chi connectivity index (χ1) is 10.3. The molecule has 0 aromatic heterocycles. The second kappa shape index (κ2) is 6.19. The van der Waals surface area contributed by atoms with Gasteiger partial charge in [-0.3, -0.25) is 9.10 Å². The van der Waals surface area contributed by atoms with Gasteiger partial charge in [-0.1, -0.05) is 29.8 Å². The molecule has 0 unspecified atom stereocenters. The lowest BCUT2D eigenvalue weighted by Gasteiger charge is -2.23. The Kier molecular flexibility index (Phi) is 4.51. The zero-order chi connectivity index (χ0) is 16.3. The Bertz CT molecular complexity index is 782. The molecule has 0 amide bonds. The second-order valence-corrected chi connectivity index (χ2v) is 6.92. The second-order valence-electron chi connectivity index (χ2n) is 5.06. The molecule has 6 heteroatoms. The zero-order valence-electron chi connectivity index (χ0n) is 12.4. The van der Waals surface area contributed by atoms with Crippen molar-refractivity contribution >= 4 is 21.7 Å². The molecule has 0 spiro atoms. The van der Waals surface area contributed by atoms with Gasteiger partial charge in [0.25, 0.3) is 10.0 Å². The summed E-state index contributed by atoms with van der Waals surface area (Å²) in [7, 11) is -3.93. The largest absolute Gasteiger partial charge is 0.480 e. The van der Waals surface area contributed by atoms with Crippen LogP contribution in [0.1, 0.15) is 11.1 Å². The number of anilines is 1. The maximum Gasteiger partial charge on any atom is 0.324 e. The highest BCUT2D eigenvalue weighted by atomic mass is 32.2. The Morgan fingerprint density at radius 1 is 1.05 bits per heavy atom. The highest BCUT2D eigenvalue weighted by Gasteiger charge is 2.27. The van der Waals surface area contributed by atoms with Crippen LogP contribution in [-0.4, -0.2) is 26.0 Å². The van der Waals surface area contributed by atoms with Crippen LogP contribution in [0, 0.1) is 13.8 Å². The summed E-state index contributed by atoms with van der Waals surface area (Å²) in [4.78, 5) is 11.2. The van der Waals surface area contributed by atoms with E-state index in [1.54, 1.807) is 30.3 Å². The Balaban J connectivity index is 2.53. The normalized spacial score (nSPS) is 11.2. The minimum absolute atomic E-state index is 0.0702. The summed E-state index contributed by atoms with van der Waals surface area (Å²) in [5.41, 5.74) is 2.12. The van der Waals surface area contributed by atoms with Crippen molar-refractivity contribution in [3.05, 3.63) is 59.7 Å². The van der Waals surface area contributed by atoms with Crippen molar-refractivity contribution in [3.8, 4) is 0 Å². The van der Waals surface area contributed by atoms with Crippen LogP contribution in [0.2, 0.25) is 0 Å². The third kappa shape index (κ3) is 3.46. The lowest BCUT2D eigenvalue weighted by molar-refractivity contribution is -0.135. The Morgan fingerprint density at radius 3 is 2.23 bits per heavy atom. The Hall–Kier alpha value is -2.34. The standard InChI is InChI=1S/C16H17NO4S/c1-12-6-8-15(9-7-12)22(20,21)17(11-16(18)19)14-5-3-4-13(2)10-14/h3-10H,11H2,1-2H3,(H,18,19). The highest BCUT2D eigenvalue weighted by molar-refractivity contribution is 7.92. The van der Waals surface area contributed by atoms with E-state index in [0.717, 1.165) is 15.4 Å². The van der Waals surface area contributed by atoms with Gasteiger partial charge in [-0.25, -0.2) is 8.42 Å². The van der Waals surface area contributed by atoms with Gasteiger partial charge in [0, 0.05) is 0 Å². The molecular weight excluding hydrogens is 302 g/mol. The SMILES string of the molecule is Cc1ccc(S(=O)(=O)N(CC(=O)O)c2cccc(C)c2)cc1. The number of carbonyl (C=O) groups is 1. The van der Waals surface area contributed by atoms with Crippen molar-refractivity contribution in [2.45, 2.75) is 18.7 Å². The lowest BCUT2D eigenvalue weighted by Crippen LogP contribution is -2.35. The van der Waals surface area contributed by atoms with Gasteiger partial charge >= 0.3 is 5.97 Å². The van der Waals surface area contributed by atoms with Gasteiger partial charge in [0.2, 0.25) is 0 Å². The van der Waals surface area contributed by atoms with Crippen molar-refractivity contribution in [2.75, 3.05) is 10.8 Å². The van der Waals surface area contributed by atoms with Crippen molar-refractivity contribution in [1.82, 2.24) is 0 Å². The lowest BCUT2D eigenvalue weighted by atomic mass is 10.2. The number of sulfonamides is 1. The molecule has 0 aliphatic rings. The number of aliphatic carboxylic acids is 1. The van der Waals surface area contributed by atoms with E-state index >= 15 is 0 Å². The molecule has 0 radical (unpaired) electrons. The summed E-state index contributed by atoms with van der Waals surface area (Å²) in [6, 6.07) is 13.1. The number of aryl methyl sites for hydroxylation is 2. The van der Waals surface area contributed by atoms with E-state index in [9.17, 15) is 13.2 Å². The molecule has 0 aliphatic carbocycles. The number of benzene rings is 2. The Labute approximate surface area is 129 Å². The highest BCUT2D eigenvalue weighted by Crippen LogP contribution is 2.24. The van der Waals surface area contributed by atoms with Gasteiger partial charge in [0.1, 0.15) is 6.54 Å². The van der Waals surface area contributed by atoms with Crippen LogP contribution in [-0.2, 0) is 14.8 Å². The molecule has 0 saturated heterocycles. The van der Waals surface area contributed by atoms with E-state index < -0.39 is 22.5 Å². The molecule has 0 atom stereocenters. The third-order valence-electron chi connectivity index (χ3n) is 3.18. The molecule has 5 nitrogen and oxygen atoms in total. The zero-order valence-corrected chi connectivity index (χ0v) is 13.2. The molecule has 0 fully saturated rings. The third-order valence-corrected chi connectivity index (χ3v) is 4.97. The predicted octanol–water partition coefficient (Wildman–Crippen LogP) is 2.58. The molecular formula is C16H17NO4S. The fourth-order valence-corrected chi connectivity index (χ4v) is 3.46. The van der Waals surface area contributed by atoms with E-state index in [1.807, 2.05) is 19.9 Å².